The van der Waals surface area contributed by atoms with Crippen LogP contribution in [0.5, 0.6) is 0 Å². The van der Waals surface area contributed by atoms with Gasteiger partial charge in [-0.1, -0.05) is 0 Å². The van der Waals surface area contributed by atoms with Gasteiger partial charge in [-0.15, -0.1) is 0 Å². The Labute approximate surface area is 87.4 Å². The van der Waals surface area contributed by atoms with Gasteiger partial charge in [-0.05, 0) is 15.9 Å². The second-order valence-corrected chi connectivity index (χ2v) is 3.31. The summed E-state index contributed by atoms with van der Waals surface area (Å²) in [6, 6.07) is 0. The predicted molar refractivity (Wildman–Crippen MR) is 50.2 cm³/mol. The Balaban J connectivity index is 3.35. The molecular formula is C8H7BrF2N2O. The van der Waals surface area contributed by atoms with Gasteiger partial charge in [0.1, 0.15) is 5.69 Å². The van der Waals surface area contributed by atoms with Gasteiger partial charge >= 0.3 is 0 Å². The lowest BCUT2D eigenvalue weighted by Crippen LogP contribution is -2.07. The van der Waals surface area contributed by atoms with Gasteiger partial charge in [0, 0.05) is 28.3 Å². The minimum absolute atomic E-state index is 0.0884. The van der Waals surface area contributed by atoms with E-state index >= 15 is 0 Å². The normalized spacial score (nSPS) is 10.6. The smallest absolute Gasteiger partial charge is 0.280 e. The Kier molecular flexibility index (Phi) is 3.65. The van der Waals surface area contributed by atoms with E-state index in [0.717, 1.165) is 6.20 Å². The number of rotatable bonds is 3. The van der Waals surface area contributed by atoms with Crippen molar-refractivity contribution in [2.24, 2.45) is 5.73 Å². The van der Waals surface area contributed by atoms with Gasteiger partial charge in [0.2, 0.25) is 0 Å². The molecule has 0 spiro atoms. The number of halogens is 3. The average Bonchev–Trinajstić information content (AvgIpc) is 2.17. The lowest BCUT2D eigenvalue weighted by atomic mass is 10.1. The highest BCUT2D eigenvalue weighted by Crippen LogP contribution is 2.28. The Hall–Kier alpha value is -0.880. The van der Waals surface area contributed by atoms with Crippen LogP contribution in [0.1, 0.15) is 28.0 Å². The maximum absolute atomic E-state index is 12.4. The first kappa shape index (κ1) is 11.2. The Morgan fingerprint density at radius 3 is 2.71 bits per heavy atom. The van der Waals surface area contributed by atoms with Gasteiger partial charge in [-0.3, -0.25) is 9.78 Å². The van der Waals surface area contributed by atoms with Crippen molar-refractivity contribution in [3.63, 3.8) is 0 Å². The number of hydrogen-bond acceptors (Lipinski definition) is 3. The van der Waals surface area contributed by atoms with E-state index in [2.05, 4.69) is 20.9 Å². The van der Waals surface area contributed by atoms with Crippen molar-refractivity contribution in [3.05, 3.63) is 27.5 Å². The fourth-order valence-corrected chi connectivity index (χ4v) is 1.59. The topological polar surface area (TPSA) is 56.0 Å². The minimum Gasteiger partial charge on any atom is -0.326 e. The molecule has 0 aliphatic heterocycles. The largest absolute Gasteiger partial charge is 0.326 e. The molecule has 2 N–H and O–H groups in total. The number of hydrogen-bond donors (Lipinski definition) is 1. The molecule has 1 aromatic rings. The van der Waals surface area contributed by atoms with E-state index < -0.39 is 6.43 Å². The van der Waals surface area contributed by atoms with Crippen LogP contribution in [0.15, 0.2) is 10.7 Å². The van der Waals surface area contributed by atoms with E-state index in [1.807, 2.05) is 0 Å². The molecule has 0 amide bonds. The number of nitrogens with two attached hydrogens (primary N) is 1. The number of carbonyl (C=O) groups is 1. The van der Waals surface area contributed by atoms with Crippen molar-refractivity contribution in [2.45, 2.75) is 13.0 Å². The Morgan fingerprint density at radius 1 is 1.64 bits per heavy atom. The lowest BCUT2D eigenvalue weighted by Gasteiger charge is -2.09. The number of nitrogens with zero attached hydrogens (tertiary/aromatic N) is 1. The van der Waals surface area contributed by atoms with Crippen molar-refractivity contribution in [1.29, 1.82) is 0 Å². The van der Waals surface area contributed by atoms with Gasteiger partial charge in [0.15, 0.2) is 6.29 Å². The highest BCUT2D eigenvalue weighted by molar-refractivity contribution is 9.10. The van der Waals surface area contributed by atoms with Gasteiger partial charge in [-0.2, -0.15) is 0 Å². The molecule has 1 aromatic heterocycles. The van der Waals surface area contributed by atoms with Gasteiger partial charge in [-0.25, -0.2) is 8.78 Å². The predicted octanol–water partition coefficient (Wildman–Crippen LogP) is 2.05. The van der Waals surface area contributed by atoms with Crippen LogP contribution in [-0.4, -0.2) is 11.3 Å². The Morgan fingerprint density at radius 2 is 2.29 bits per heavy atom. The first-order valence-corrected chi connectivity index (χ1v) is 4.51. The number of aromatic nitrogens is 1. The number of alkyl halides is 2. The van der Waals surface area contributed by atoms with Crippen molar-refractivity contribution in [2.75, 3.05) is 0 Å². The SMILES string of the molecule is NCc1c(C(F)F)ncc(C=O)c1Br. The summed E-state index contributed by atoms with van der Waals surface area (Å²) in [5.74, 6) is 0. The first-order chi connectivity index (χ1) is 6.61. The van der Waals surface area contributed by atoms with Crippen molar-refractivity contribution >= 4 is 22.2 Å². The van der Waals surface area contributed by atoms with Crippen molar-refractivity contribution in [3.8, 4) is 0 Å². The molecule has 1 heterocycles. The standard InChI is InChI=1S/C8H7BrF2N2O/c9-6-4(3-14)2-13-7(8(10)11)5(6)1-12/h2-3,8H,1,12H2. The second-order valence-electron chi connectivity index (χ2n) is 2.51. The van der Waals surface area contributed by atoms with Crippen LogP contribution >= 0.6 is 15.9 Å². The van der Waals surface area contributed by atoms with E-state index in [0.29, 0.717) is 10.8 Å². The number of aldehydes is 1. The minimum atomic E-state index is -2.69. The fraction of sp³-hybridized carbons (Fsp3) is 0.250. The van der Waals surface area contributed by atoms with Crippen LogP contribution in [0.25, 0.3) is 0 Å². The summed E-state index contributed by atoms with van der Waals surface area (Å²) in [4.78, 5) is 14.0. The van der Waals surface area contributed by atoms with Crippen LogP contribution in [-0.2, 0) is 6.54 Å². The zero-order valence-electron chi connectivity index (χ0n) is 7.01. The molecule has 0 aliphatic rings. The lowest BCUT2D eigenvalue weighted by molar-refractivity contribution is 0.112. The molecule has 0 saturated carbocycles. The molecule has 0 fully saturated rings. The molecule has 0 bridgehead atoms. The van der Waals surface area contributed by atoms with Gasteiger partial charge < -0.3 is 5.73 Å². The second kappa shape index (κ2) is 4.56. The summed E-state index contributed by atoms with van der Waals surface area (Å²) in [6.45, 7) is -0.0884. The maximum atomic E-state index is 12.4. The third-order valence-corrected chi connectivity index (χ3v) is 2.64. The summed E-state index contributed by atoms with van der Waals surface area (Å²) in [6.07, 6.45) is -1.06. The summed E-state index contributed by atoms with van der Waals surface area (Å²) < 4.78 is 25.1. The monoisotopic (exact) mass is 264 g/mol. The molecule has 14 heavy (non-hydrogen) atoms. The van der Waals surface area contributed by atoms with E-state index in [-0.39, 0.29) is 23.4 Å². The molecular weight excluding hydrogens is 258 g/mol. The summed E-state index contributed by atoms with van der Waals surface area (Å²) in [5.41, 5.74) is 5.30. The van der Waals surface area contributed by atoms with Crippen molar-refractivity contribution < 1.29 is 13.6 Å². The molecule has 1 rings (SSSR count). The molecule has 0 saturated heterocycles. The third-order valence-electron chi connectivity index (χ3n) is 1.71. The maximum Gasteiger partial charge on any atom is 0.280 e. The van der Waals surface area contributed by atoms with Gasteiger partial charge in [0.05, 0.1) is 0 Å². The molecule has 3 nitrogen and oxygen atoms in total. The van der Waals surface area contributed by atoms with E-state index in [9.17, 15) is 13.6 Å². The van der Waals surface area contributed by atoms with Gasteiger partial charge in [0.25, 0.3) is 6.43 Å². The van der Waals surface area contributed by atoms with Crippen LogP contribution in [0.2, 0.25) is 0 Å². The molecule has 0 radical (unpaired) electrons. The number of pyridine rings is 1. The first-order valence-electron chi connectivity index (χ1n) is 3.72. The summed E-state index contributed by atoms with van der Waals surface area (Å²) in [5, 5.41) is 0. The van der Waals surface area contributed by atoms with E-state index in [1.165, 1.54) is 0 Å². The zero-order chi connectivity index (χ0) is 10.7. The van der Waals surface area contributed by atoms with E-state index in [1.54, 1.807) is 0 Å². The summed E-state index contributed by atoms with van der Waals surface area (Å²) in [7, 11) is 0. The van der Waals surface area contributed by atoms with Crippen LogP contribution in [0, 0.1) is 0 Å². The molecule has 0 aromatic carbocycles. The summed E-state index contributed by atoms with van der Waals surface area (Å²) >= 11 is 3.04. The molecule has 0 unspecified atom stereocenters. The van der Waals surface area contributed by atoms with Crippen LogP contribution in [0.3, 0.4) is 0 Å². The fourth-order valence-electron chi connectivity index (χ4n) is 1.02. The molecule has 0 atom stereocenters. The van der Waals surface area contributed by atoms with E-state index in [4.69, 9.17) is 5.73 Å². The Bertz CT molecular complexity index is 357. The quantitative estimate of drug-likeness (QED) is 0.851. The van der Waals surface area contributed by atoms with Crippen LogP contribution < -0.4 is 5.73 Å². The highest BCUT2D eigenvalue weighted by atomic mass is 79.9. The van der Waals surface area contributed by atoms with Crippen LogP contribution in [0.4, 0.5) is 8.78 Å². The molecule has 76 valence electrons. The molecule has 6 heteroatoms. The highest BCUT2D eigenvalue weighted by Gasteiger charge is 2.18. The number of carbonyl (C=O) groups excluding carboxylic acids is 1. The van der Waals surface area contributed by atoms with Crippen molar-refractivity contribution in [1.82, 2.24) is 4.98 Å². The molecule has 0 aliphatic carbocycles. The third kappa shape index (κ3) is 1.96. The zero-order valence-corrected chi connectivity index (χ0v) is 8.59. The average molecular weight is 265 g/mol.